The van der Waals surface area contributed by atoms with Gasteiger partial charge in [0.25, 0.3) is 5.91 Å². The first kappa shape index (κ1) is 18.9. The van der Waals surface area contributed by atoms with Crippen molar-refractivity contribution in [2.24, 2.45) is 0 Å². The summed E-state index contributed by atoms with van der Waals surface area (Å²) < 4.78 is 5.06. The van der Waals surface area contributed by atoms with E-state index in [1.54, 1.807) is 27.0 Å². The van der Waals surface area contributed by atoms with Crippen molar-refractivity contribution in [2.75, 3.05) is 24.6 Å². The molecule has 0 bridgehead atoms. The maximum absolute atomic E-state index is 12.5. The van der Waals surface area contributed by atoms with Crippen LogP contribution in [0.15, 0.2) is 18.3 Å². The summed E-state index contributed by atoms with van der Waals surface area (Å²) in [5, 5.41) is 2.88. The SMILES string of the molecule is CCOC(=O)c1c(C)[nH]c(C(=O)NCc2ccc(N3CCCC3)nc2)c1C. The molecule has 2 aromatic heterocycles. The van der Waals surface area contributed by atoms with Gasteiger partial charge in [-0.05, 0) is 50.8 Å². The molecule has 0 saturated carbocycles. The van der Waals surface area contributed by atoms with E-state index in [1.165, 1.54) is 12.8 Å². The monoisotopic (exact) mass is 370 g/mol. The number of ether oxygens (including phenoxy) is 1. The number of aryl methyl sites for hydroxylation is 1. The van der Waals surface area contributed by atoms with Crippen molar-refractivity contribution in [3.05, 3.63) is 46.4 Å². The number of nitrogens with zero attached hydrogens (tertiary/aromatic N) is 2. The van der Waals surface area contributed by atoms with E-state index < -0.39 is 5.97 Å². The zero-order chi connectivity index (χ0) is 19.4. The van der Waals surface area contributed by atoms with Crippen LogP contribution in [0.2, 0.25) is 0 Å². The molecule has 7 nitrogen and oxygen atoms in total. The van der Waals surface area contributed by atoms with Crippen LogP contribution in [-0.2, 0) is 11.3 Å². The van der Waals surface area contributed by atoms with Crippen molar-refractivity contribution in [1.29, 1.82) is 0 Å². The van der Waals surface area contributed by atoms with E-state index in [-0.39, 0.29) is 5.91 Å². The van der Waals surface area contributed by atoms with Gasteiger partial charge in [-0.1, -0.05) is 6.07 Å². The second-order valence-corrected chi connectivity index (χ2v) is 6.75. The van der Waals surface area contributed by atoms with Gasteiger partial charge in [0.2, 0.25) is 0 Å². The summed E-state index contributed by atoms with van der Waals surface area (Å²) in [5.74, 6) is 0.316. The van der Waals surface area contributed by atoms with Crippen molar-refractivity contribution >= 4 is 17.7 Å². The van der Waals surface area contributed by atoms with Gasteiger partial charge < -0.3 is 19.9 Å². The molecule has 27 heavy (non-hydrogen) atoms. The molecule has 1 aliphatic heterocycles. The number of rotatable bonds is 6. The molecule has 0 spiro atoms. The third-order valence-corrected chi connectivity index (χ3v) is 4.84. The summed E-state index contributed by atoms with van der Waals surface area (Å²) in [4.78, 5) is 34.4. The Bertz CT molecular complexity index is 820. The third kappa shape index (κ3) is 4.13. The lowest BCUT2D eigenvalue weighted by atomic mass is 10.1. The van der Waals surface area contributed by atoms with Crippen molar-refractivity contribution < 1.29 is 14.3 Å². The lowest BCUT2D eigenvalue weighted by Crippen LogP contribution is -2.24. The molecule has 1 fully saturated rings. The smallest absolute Gasteiger partial charge is 0.340 e. The van der Waals surface area contributed by atoms with Gasteiger partial charge in [0.05, 0.1) is 12.2 Å². The molecule has 0 radical (unpaired) electrons. The summed E-state index contributed by atoms with van der Waals surface area (Å²) in [7, 11) is 0. The Labute approximate surface area is 159 Å². The molecule has 0 aromatic carbocycles. The Morgan fingerprint density at radius 2 is 2.00 bits per heavy atom. The average molecular weight is 370 g/mol. The van der Waals surface area contributed by atoms with Gasteiger partial charge in [-0.3, -0.25) is 4.79 Å². The van der Waals surface area contributed by atoms with E-state index in [0.717, 1.165) is 24.5 Å². The first-order chi connectivity index (χ1) is 13.0. The molecule has 0 aliphatic carbocycles. The highest BCUT2D eigenvalue weighted by molar-refractivity contribution is 6.00. The van der Waals surface area contributed by atoms with Crippen LogP contribution >= 0.6 is 0 Å². The Hall–Kier alpha value is -2.83. The van der Waals surface area contributed by atoms with Gasteiger partial charge in [-0.25, -0.2) is 9.78 Å². The predicted octanol–water partition coefficient (Wildman–Crippen LogP) is 2.73. The number of H-pyrrole nitrogens is 1. The highest BCUT2D eigenvalue weighted by Gasteiger charge is 2.22. The van der Waals surface area contributed by atoms with Gasteiger partial charge in [0.1, 0.15) is 11.5 Å². The number of amides is 1. The summed E-state index contributed by atoms with van der Waals surface area (Å²) in [5.41, 5.74) is 2.98. The fourth-order valence-corrected chi connectivity index (χ4v) is 3.41. The third-order valence-electron chi connectivity index (χ3n) is 4.84. The second-order valence-electron chi connectivity index (χ2n) is 6.75. The Kier molecular flexibility index (Phi) is 5.78. The fourth-order valence-electron chi connectivity index (χ4n) is 3.41. The molecule has 3 heterocycles. The molecule has 2 N–H and O–H groups in total. The number of aromatic amines is 1. The topological polar surface area (TPSA) is 87.3 Å². The van der Waals surface area contributed by atoms with Crippen molar-refractivity contribution in [1.82, 2.24) is 15.3 Å². The zero-order valence-electron chi connectivity index (χ0n) is 16.1. The van der Waals surface area contributed by atoms with E-state index in [0.29, 0.717) is 35.7 Å². The summed E-state index contributed by atoms with van der Waals surface area (Å²) in [6.07, 6.45) is 4.22. The quantitative estimate of drug-likeness (QED) is 0.764. The fraction of sp³-hybridized carbons (Fsp3) is 0.450. The van der Waals surface area contributed by atoms with Crippen LogP contribution in [0.4, 0.5) is 5.82 Å². The summed E-state index contributed by atoms with van der Waals surface area (Å²) >= 11 is 0. The minimum absolute atomic E-state index is 0.255. The summed E-state index contributed by atoms with van der Waals surface area (Å²) in [6, 6.07) is 3.98. The number of aromatic nitrogens is 2. The molecule has 2 aromatic rings. The number of anilines is 1. The van der Waals surface area contributed by atoms with E-state index in [1.807, 2.05) is 12.1 Å². The minimum atomic E-state index is -0.412. The first-order valence-corrected chi connectivity index (χ1v) is 9.35. The van der Waals surface area contributed by atoms with Crippen molar-refractivity contribution in [3.63, 3.8) is 0 Å². The Balaban J connectivity index is 1.64. The molecule has 7 heteroatoms. The maximum Gasteiger partial charge on any atom is 0.340 e. The van der Waals surface area contributed by atoms with Gasteiger partial charge in [0.15, 0.2) is 0 Å². The minimum Gasteiger partial charge on any atom is -0.462 e. The molecule has 0 atom stereocenters. The molecule has 3 rings (SSSR count). The number of esters is 1. The number of hydrogen-bond acceptors (Lipinski definition) is 5. The molecule has 1 saturated heterocycles. The van der Waals surface area contributed by atoms with Crippen LogP contribution in [0.3, 0.4) is 0 Å². The second kappa shape index (κ2) is 8.24. The molecular formula is C20H26N4O3. The van der Waals surface area contributed by atoms with Crippen molar-refractivity contribution in [2.45, 2.75) is 40.2 Å². The number of carbonyl (C=O) groups excluding carboxylic acids is 2. The van der Waals surface area contributed by atoms with E-state index in [9.17, 15) is 9.59 Å². The van der Waals surface area contributed by atoms with Crippen LogP contribution in [0.5, 0.6) is 0 Å². The molecule has 1 amide bonds. The predicted molar refractivity (Wildman–Crippen MR) is 103 cm³/mol. The molecule has 1 aliphatic rings. The average Bonchev–Trinajstić information content (AvgIpc) is 3.28. The Morgan fingerprint density at radius 1 is 1.26 bits per heavy atom. The number of hydrogen-bond donors (Lipinski definition) is 2. The van der Waals surface area contributed by atoms with E-state index in [4.69, 9.17) is 4.74 Å². The van der Waals surface area contributed by atoms with Crippen LogP contribution in [0.1, 0.15) is 57.4 Å². The lowest BCUT2D eigenvalue weighted by Gasteiger charge is -2.16. The standard InChI is InChI=1S/C20H26N4O3/c1-4-27-20(26)17-13(2)18(23-14(17)3)19(25)22-12-15-7-8-16(21-11-15)24-9-5-6-10-24/h7-8,11,23H,4-6,9-10,12H2,1-3H3,(H,22,25). The van der Waals surface area contributed by atoms with Gasteiger partial charge >= 0.3 is 5.97 Å². The molecule has 144 valence electrons. The van der Waals surface area contributed by atoms with E-state index >= 15 is 0 Å². The largest absolute Gasteiger partial charge is 0.462 e. The number of carbonyl (C=O) groups is 2. The van der Waals surface area contributed by atoms with Crippen LogP contribution < -0.4 is 10.2 Å². The normalized spacial score (nSPS) is 13.7. The van der Waals surface area contributed by atoms with Crippen LogP contribution in [0, 0.1) is 13.8 Å². The molecular weight excluding hydrogens is 344 g/mol. The van der Waals surface area contributed by atoms with Gasteiger partial charge in [0, 0.05) is 31.5 Å². The maximum atomic E-state index is 12.5. The van der Waals surface area contributed by atoms with E-state index in [2.05, 4.69) is 20.2 Å². The highest BCUT2D eigenvalue weighted by Crippen LogP contribution is 2.20. The number of pyridine rings is 1. The zero-order valence-corrected chi connectivity index (χ0v) is 16.1. The lowest BCUT2D eigenvalue weighted by molar-refractivity contribution is 0.0525. The highest BCUT2D eigenvalue weighted by atomic mass is 16.5. The van der Waals surface area contributed by atoms with Crippen LogP contribution in [-0.4, -0.2) is 41.5 Å². The van der Waals surface area contributed by atoms with Crippen molar-refractivity contribution in [3.8, 4) is 0 Å². The summed E-state index contributed by atoms with van der Waals surface area (Å²) in [6.45, 7) is 8.04. The Morgan fingerprint density at radius 3 is 2.63 bits per heavy atom. The molecule has 0 unspecified atom stereocenters. The first-order valence-electron chi connectivity index (χ1n) is 9.35. The van der Waals surface area contributed by atoms with Gasteiger partial charge in [-0.15, -0.1) is 0 Å². The number of nitrogens with one attached hydrogen (secondary N) is 2. The van der Waals surface area contributed by atoms with Crippen LogP contribution in [0.25, 0.3) is 0 Å². The van der Waals surface area contributed by atoms with Gasteiger partial charge in [-0.2, -0.15) is 0 Å².